The lowest BCUT2D eigenvalue weighted by atomic mass is 9.98. The van der Waals surface area contributed by atoms with Gasteiger partial charge in [0.15, 0.2) is 0 Å². The number of nitro groups is 1. The van der Waals surface area contributed by atoms with Crippen molar-refractivity contribution in [2.24, 2.45) is 0 Å². The topological polar surface area (TPSA) is 55.2 Å². The minimum atomic E-state index is -0.359. The fraction of sp³-hybridized carbons (Fsp3) is 0.143. The number of hydrogen-bond acceptors (Lipinski definition) is 3. The first kappa shape index (κ1) is 16.9. The van der Waals surface area contributed by atoms with Crippen LogP contribution in [0.2, 0.25) is 0 Å². The maximum Gasteiger partial charge on any atom is 0.269 e. The van der Waals surface area contributed by atoms with Crippen LogP contribution in [0.15, 0.2) is 84.9 Å². The van der Waals surface area contributed by atoms with Gasteiger partial charge in [-0.2, -0.15) is 0 Å². The fourth-order valence-corrected chi connectivity index (χ4v) is 2.86. The van der Waals surface area contributed by atoms with Crippen LogP contribution in [-0.2, 0) is 13.0 Å². The molecule has 0 saturated heterocycles. The largest absolute Gasteiger partial charge is 0.306 e. The Kier molecular flexibility index (Phi) is 5.54. The van der Waals surface area contributed by atoms with Gasteiger partial charge in [0, 0.05) is 24.7 Å². The molecule has 0 radical (unpaired) electrons. The summed E-state index contributed by atoms with van der Waals surface area (Å²) in [7, 11) is 0. The van der Waals surface area contributed by atoms with Crippen LogP contribution in [0.25, 0.3) is 0 Å². The van der Waals surface area contributed by atoms with Crippen molar-refractivity contribution in [2.45, 2.75) is 19.0 Å². The summed E-state index contributed by atoms with van der Waals surface area (Å²) in [5, 5.41) is 14.5. The lowest BCUT2D eigenvalue weighted by Gasteiger charge is -2.19. The second-order valence-corrected chi connectivity index (χ2v) is 5.96. The van der Waals surface area contributed by atoms with Gasteiger partial charge in [0.2, 0.25) is 0 Å². The molecule has 0 spiro atoms. The van der Waals surface area contributed by atoms with Crippen LogP contribution >= 0.6 is 0 Å². The second-order valence-electron chi connectivity index (χ2n) is 5.96. The molecule has 4 heteroatoms. The van der Waals surface area contributed by atoms with Gasteiger partial charge in [-0.15, -0.1) is 0 Å². The predicted molar refractivity (Wildman–Crippen MR) is 99.3 cm³/mol. The van der Waals surface area contributed by atoms with E-state index in [-0.39, 0.29) is 16.7 Å². The van der Waals surface area contributed by atoms with Crippen LogP contribution < -0.4 is 5.32 Å². The maximum absolute atomic E-state index is 10.9. The molecule has 0 fully saturated rings. The summed E-state index contributed by atoms with van der Waals surface area (Å²) in [5.74, 6) is 0. The smallest absolute Gasteiger partial charge is 0.269 e. The van der Waals surface area contributed by atoms with E-state index >= 15 is 0 Å². The summed E-state index contributed by atoms with van der Waals surface area (Å²) in [6.45, 7) is 0.577. The molecule has 0 saturated carbocycles. The molecule has 0 aromatic heterocycles. The van der Waals surface area contributed by atoms with Crippen molar-refractivity contribution in [3.05, 3.63) is 112 Å². The zero-order valence-corrected chi connectivity index (χ0v) is 13.8. The van der Waals surface area contributed by atoms with Gasteiger partial charge in [-0.1, -0.05) is 72.8 Å². The van der Waals surface area contributed by atoms with E-state index < -0.39 is 0 Å². The van der Waals surface area contributed by atoms with Crippen LogP contribution in [0.4, 0.5) is 5.69 Å². The first-order chi connectivity index (χ1) is 12.2. The third kappa shape index (κ3) is 4.75. The summed E-state index contributed by atoms with van der Waals surface area (Å²) in [5.41, 5.74) is 3.49. The van der Waals surface area contributed by atoms with Gasteiger partial charge in [-0.3, -0.25) is 10.1 Å². The molecular weight excluding hydrogens is 312 g/mol. The van der Waals surface area contributed by atoms with Crippen molar-refractivity contribution in [1.29, 1.82) is 0 Å². The summed E-state index contributed by atoms with van der Waals surface area (Å²) in [4.78, 5) is 10.6. The molecule has 0 heterocycles. The molecule has 25 heavy (non-hydrogen) atoms. The van der Waals surface area contributed by atoms with Crippen molar-refractivity contribution in [1.82, 2.24) is 5.32 Å². The monoisotopic (exact) mass is 332 g/mol. The normalized spacial score (nSPS) is 11.8. The van der Waals surface area contributed by atoms with Gasteiger partial charge in [0.25, 0.3) is 5.69 Å². The molecule has 126 valence electrons. The highest BCUT2D eigenvalue weighted by atomic mass is 16.6. The summed E-state index contributed by atoms with van der Waals surface area (Å²) >= 11 is 0. The van der Waals surface area contributed by atoms with Gasteiger partial charge in [-0.25, -0.2) is 0 Å². The Morgan fingerprint density at radius 2 is 1.48 bits per heavy atom. The van der Waals surface area contributed by atoms with E-state index in [4.69, 9.17) is 0 Å². The number of nitrogens with zero attached hydrogens (tertiary/aromatic N) is 1. The average molecular weight is 332 g/mol. The first-order valence-corrected chi connectivity index (χ1v) is 8.28. The van der Waals surface area contributed by atoms with Crippen LogP contribution in [0, 0.1) is 10.1 Å². The Morgan fingerprint density at radius 1 is 0.840 bits per heavy atom. The van der Waals surface area contributed by atoms with Crippen molar-refractivity contribution in [2.75, 3.05) is 0 Å². The number of rotatable bonds is 7. The van der Waals surface area contributed by atoms with Gasteiger partial charge in [0.05, 0.1) is 4.92 Å². The minimum Gasteiger partial charge on any atom is -0.306 e. The van der Waals surface area contributed by atoms with Gasteiger partial charge >= 0.3 is 0 Å². The number of benzene rings is 3. The molecule has 0 amide bonds. The lowest BCUT2D eigenvalue weighted by Crippen LogP contribution is -2.23. The van der Waals surface area contributed by atoms with Crippen molar-refractivity contribution >= 4 is 5.69 Å². The summed E-state index contributed by atoms with van der Waals surface area (Å²) in [6, 6.07) is 27.5. The maximum atomic E-state index is 10.9. The number of nitro benzene ring substituents is 1. The van der Waals surface area contributed by atoms with E-state index in [9.17, 15) is 10.1 Å². The second kappa shape index (κ2) is 8.22. The molecule has 3 aromatic rings. The number of nitrogens with one attached hydrogen (secondary N) is 1. The van der Waals surface area contributed by atoms with Crippen LogP contribution in [-0.4, -0.2) is 4.92 Å². The number of non-ortho nitro benzene ring substituents is 1. The van der Waals surface area contributed by atoms with E-state index in [1.807, 2.05) is 42.5 Å². The standard InChI is InChI=1S/C21H20N2O2/c24-23(25)20-13-7-10-18(14-20)16-22-21(19-11-5-2-6-12-19)15-17-8-3-1-4-9-17/h1-14,21-22H,15-16H2/t21-/m0/s1. The van der Waals surface area contributed by atoms with E-state index in [0.29, 0.717) is 6.54 Å². The van der Waals surface area contributed by atoms with Crippen molar-refractivity contribution < 1.29 is 4.92 Å². The van der Waals surface area contributed by atoms with Crippen molar-refractivity contribution in [3.8, 4) is 0 Å². The van der Waals surface area contributed by atoms with Crippen molar-refractivity contribution in [3.63, 3.8) is 0 Å². The van der Waals surface area contributed by atoms with Gasteiger partial charge < -0.3 is 5.32 Å². The Labute approximate surface area is 147 Å². The van der Waals surface area contributed by atoms with Gasteiger partial charge in [-0.05, 0) is 23.1 Å². The van der Waals surface area contributed by atoms with Crippen LogP contribution in [0.3, 0.4) is 0 Å². The molecule has 0 unspecified atom stereocenters. The highest BCUT2D eigenvalue weighted by Gasteiger charge is 2.13. The predicted octanol–water partition coefficient (Wildman–Crippen LogP) is 4.67. The van der Waals surface area contributed by atoms with Crippen LogP contribution in [0.5, 0.6) is 0 Å². The third-order valence-electron chi connectivity index (χ3n) is 4.16. The first-order valence-electron chi connectivity index (χ1n) is 8.28. The Morgan fingerprint density at radius 3 is 2.16 bits per heavy atom. The lowest BCUT2D eigenvalue weighted by molar-refractivity contribution is -0.384. The molecule has 1 atom stereocenters. The SMILES string of the molecule is O=[N+]([O-])c1cccc(CN[C@@H](Cc2ccccc2)c2ccccc2)c1. The Balaban J connectivity index is 1.76. The summed E-state index contributed by atoms with van der Waals surface area (Å²) < 4.78 is 0. The van der Waals surface area contributed by atoms with E-state index in [1.165, 1.54) is 17.2 Å². The molecule has 3 aromatic carbocycles. The zero-order chi connectivity index (χ0) is 17.5. The molecule has 1 N–H and O–H groups in total. The quantitative estimate of drug-likeness (QED) is 0.505. The minimum absolute atomic E-state index is 0.124. The van der Waals surface area contributed by atoms with E-state index in [1.54, 1.807) is 12.1 Å². The molecular formula is C21H20N2O2. The molecule has 0 aliphatic carbocycles. The highest BCUT2D eigenvalue weighted by molar-refractivity contribution is 5.34. The molecule has 4 nitrogen and oxygen atoms in total. The van der Waals surface area contributed by atoms with E-state index in [2.05, 4.69) is 29.6 Å². The molecule has 0 aliphatic heterocycles. The Bertz CT molecular complexity index is 820. The molecule has 3 rings (SSSR count). The van der Waals surface area contributed by atoms with Gasteiger partial charge in [0.1, 0.15) is 0 Å². The van der Waals surface area contributed by atoms with Crippen LogP contribution in [0.1, 0.15) is 22.7 Å². The average Bonchev–Trinajstić information content (AvgIpc) is 2.67. The summed E-state index contributed by atoms with van der Waals surface area (Å²) in [6.07, 6.45) is 0.861. The molecule has 0 aliphatic rings. The highest BCUT2D eigenvalue weighted by Crippen LogP contribution is 2.20. The number of hydrogen-bond donors (Lipinski definition) is 1. The third-order valence-corrected chi connectivity index (χ3v) is 4.16. The fourth-order valence-electron chi connectivity index (χ4n) is 2.86. The Hall–Kier alpha value is -2.98. The van der Waals surface area contributed by atoms with E-state index in [0.717, 1.165) is 12.0 Å². The molecule has 0 bridgehead atoms. The zero-order valence-electron chi connectivity index (χ0n) is 13.8.